The van der Waals surface area contributed by atoms with Crippen molar-refractivity contribution >= 4 is 17.7 Å². The molecule has 0 unspecified atom stereocenters. The van der Waals surface area contributed by atoms with Crippen LogP contribution in [0.15, 0.2) is 30.0 Å². The van der Waals surface area contributed by atoms with E-state index < -0.39 is 11.5 Å². The van der Waals surface area contributed by atoms with Gasteiger partial charge in [0.25, 0.3) is 5.70 Å². The molecule has 0 aliphatic heterocycles. The Hall–Kier alpha value is -1.39. The van der Waals surface area contributed by atoms with E-state index in [1.165, 1.54) is 6.08 Å². The highest BCUT2D eigenvalue weighted by molar-refractivity contribution is 6.30. The van der Waals surface area contributed by atoms with Crippen LogP contribution < -0.4 is 0 Å². The fourth-order valence-electron chi connectivity index (χ4n) is 0.945. The van der Waals surface area contributed by atoms with Gasteiger partial charge in [0, 0.05) is 11.1 Å². The summed E-state index contributed by atoms with van der Waals surface area (Å²) < 4.78 is 0. The molecule has 1 aromatic carbocycles. The van der Waals surface area contributed by atoms with Crippen LogP contribution in [0.3, 0.4) is 0 Å². The molecule has 0 aliphatic carbocycles. The van der Waals surface area contributed by atoms with E-state index in [9.17, 15) is 10.1 Å². The molecule has 74 valence electrons. The van der Waals surface area contributed by atoms with Crippen molar-refractivity contribution in [2.75, 3.05) is 6.61 Å². The van der Waals surface area contributed by atoms with Crippen molar-refractivity contribution in [2.45, 2.75) is 0 Å². The molecular formula is C9H8ClNO3. The van der Waals surface area contributed by atoms with Gasteiger partial charge >= 0.3 is 0 Å². The van der Waals surface area contributed by atoms with E-state index in [4.69, 9.17) is 16.7 Å². The summed E-state index contributed by atoms with van der Waals surface area (Å²) in [5.74, 6) is 0. The molecule has 0 heterocycles. The molecule has 0 saturated carbocycles. The zero-order chi connectivity index (χ0) is 10.6. The summed E-state index contributed by atoms with van der Waals surface area (Å²) in [4.78, 5) is 9.74. The molecule has 0 aliphatic rings. The lowest BCUT2D eigenvalue weighted by Crippen LogP contribution is -2.02. The second-order valence-electron chi connectivity index (χ2n) is 2.61. The first-order valence-electron chi connectivity index (χ1n) is 3.85. The molecule has 14 heavy (non-hydrogen) atoms. The fourth-order valence-corrected chi connectivity index (χ4v) is 1.14. The quantitative estimate of drug-likeness (QED) is 0.617. The molecule has 1 aromatic rings. The van der Waals surface area contributed by atoms with Crippen molar-refractivity contribution in [1.82, 2.24) is 0 Å². The maximum absolute atomic E-state index is 10.4. The van der Waals surface area contributed by atoms with Crippen molar-refractivity contribution in [3.8, 4) is 0 Å². The molecule has 4 nitrogen and oxygen atoms in total. The van der Waals surface area contributed by atoms with Crippen LogP contribution in [0.4, 0.5) is 0 Å². The highest BCUT2D eigenvalue weighted by atomic mass is 35.5. The van der Waals surface area contributed by atoms with Crippen LogP contribution in [-0.4, -0.2) is 16.6 Å². The summed E-state index contributed by atoms with van der Waals surface area (Å²) in [5.41, 5.74) is 0.338. The number of nitro groups is 1. The third kappa shape index (κ3) is 2.83. The van der Waals surface area contributed by atoms with E-state index in [1.54, 1.807) is 24.3 Å². The Balaban J connectivity index is 3.00. The van der Waals surface area contributed by atoms with E-state index in [0.29, 0.717) is 10.6 Å². The Kier molecular flexibility index (Phi) is 3.62. The van der Waals surface area contributed by atoms with Crippen LogP contribution in [0.25, 0.3) is 6.08 Å². The summed E-state index contributed by atoms with van der Waals surface area (Å²) in [6.07, 6.45) is 1.28. The summed E-state index contributed by atoms with van der Waals surface area (Å²) >= 11 is 5.69. The largest absolute Gasteiger partial charge is 0.385 e. The summed E-state index contributed by atoms with van der Waals surface area (Å²) in [6, 6.07) is 6.61. The number of benzene rings is 1. The minimum Gasteiger partial charge on any atom is -0.385 e. The molecule has 0 bridgehead atoms. The van der Waals surface area contributed by atoms with Crippen LogP contribution in [-0.2, 0) is 0 Å². The van der Waals surface area contributed by atoms with Gasteiger partial charge in [-0.05, 0) is 17.7 Å². The van der Waals surface area contributed by atoms with Crippen LogP contribution in [0, 0.1) is 10.1 Å². The number of rotatable bonds is 3. The Morgan fingerprint density at radius 3 is 2.86 bits per heavy atom. The van der Waals surface area contributed by atoms with Gasteiger partial charge in [0.15, 0.2) is 0 Å². The smallest absolute Gasteiger partial charge is 0.271 e. The summed E-state index contributed by atoms with van der Waals surface area (Å²) in [7, 11) is 0. The second-order valence-corrected chi connectivity index (χ2v) is 3.04. The lowest BCUT2D eigenvalue weighted by Gasteiger charge is -1.95. The number of hydrogen-bond acceptors (Lipinski definition) is 3. The lowest BCUT2D eigenvalue weighted by molar-refractivity contribution is -0.428. The summed E-state index contributed by atoms with van der Waals surface area (Å²) in [6.45, 7) is -0.598. The monoisotopic (exact) mass is 213 g/mol. The van der Waals surface area contributed by atoms with Crippen LogP contribution in [0.5, 0.6) is 0 Å². The number of nitrogens with zero attached hydrogens (tertiary/aromatic N) is 1. The van der Waals surface area contributed by atoms with Crippen molar-refractivity contribution in [3.63, 3.8) is 0 Å². The summed E-state index contributed by atoms with van der Waals surface area (Å²) in [5, 5.41) is 19.5. The molecule has 0 saturated heterocycles. The molecule has 0 spiro atoms. The zero-order valence-electron chi connectivity index (χ0n) is 7.18. The topological polar surface area (TPSA) is 63.4 Å². The highest BCUT2D eigenvalue weighted by Gasteiger charge is 2.07. The lowest BCUT2D eigenvalue weighted by atomic mass is 10.2. The number of aliphatic hydroxyl groups is 1. The first-order valence-corrected chi connectivity index (χ1v) is 4.22. The predicted octanol–water partition coefficient (Wildman–Crippen LogP) is 1.95. The van der Waals surface area contributed by atoms with Gasteiger partial charge in [0.1, 0.15) is 6.61 Å². The second kappa shape index (κ2) is 4.74. The zero-order valence-corrected chi connectivity index (χ0v) is 7.94. The average molecular weight is 214 g/mol. The van der Waals surface area contributed by atoms with Gasteiger partial charge in [-0.3, -0.25) is 10.1 Å². The molecule has 0 atom stereocenters. The van der Waals surface area contributed by atoms with E-state index >= 15 is 0 Å². The molecular weight excluding hydrogens is 206 g/mol. The first kappa shape index (κ1) is 10.7. The normalized spacial score (nSPS) is 11.4. The molecule has 0 aromatic heterocycles. The van der Waals surface area contributed by atoms with Gasteiger partial charge in [-0.15, -0.1) is 0 Å². The Morgan fingerprint density at radius 1 is 1.64 bits per heavy atom. The molecule has 0 amide bonds. The third-order valence-electron chi connectivity index (χ3n) is 1.58. The van der Waals surface area contributed by atoms with Crippen molar-refractivity contribution in [1.29, 1.82) is 0 Å². The minimum absolute atomic E-state index is 0.257. The third-order valence-corrected chi connectivity index (χ3v) is 1.81. The minimum atomic E-state index is -0.624. The van der Waals surface area contributed by atoms with Gasteiger partial charge in [-0.2, -0.15) is 0 Å². The standard InChI is InChI=1S/C9H8ClNO3/c10-8-3-1-2-7(4-8)5-9(6-12)11(13)14/h1-5,12H,6H2/b9-5+. The van der Waals surface area contributed by atoms with Crippen molar-refractivity contribution in [3.05, 3.63) is 50.7 Å². The molecule has 0 fully saturated rings. The molecule has 1 rings (SSSR count). The van der Waals surface area contributed by atoms with E-state index in [2.05, 4.69) is 0 Å². The van der Waals surface area contributed by atoms with Crippen LogP contribution in [0.1, 0.15) is 5.56 Å². The van der Waals surface area contributed by atoms with Gasteiger partial charge in [-0.1, -0.05) is 23.7 Å². The maximum Gasteiger partial charge on any atom is 0.271 e. The van der Waals surface area contributed by atoms with Crippen molar-refractivity contribution < 1.29 is 10.0 Å². The Bertz CT molecular complexity index is 376. The van der Waals surface area contributed by atoms with Crippen LogP contribution in [0.2, 0.25) is 5.02 Å². The number of hydrogen-bond donors (Lipinski definition) is 1. The average Bonchev–Trinajstić information content (AvgIpc) is 2.14. The molecule has 5 heteroatoms. The Labute approximate surface area is 85.6 Å². The maximum atomic E-state index is 10.4. The van der Waals surface area contributed by atoms with Crippen LogP contribution >= 0.6 is 11.6 Å². The Morgan fingerprint density at radius 2 is 2.36 bits per heavy atom. The van der Waals surface area contributed by atoms with Gasteiger partial charge in [-0.25, -0.2) is 0 Å². The number of halogens is 1. The SMILES string of the molecule is O=[N+]([O-])/C(=C/c1cccc(Cl)c1)CO. The van der Waals surface area contributed by atoms with Gasteiger partial charge in [0.05, 0.1) is 4.92 Å². The van der Waals surface area contributed by atoms with E-state index in [-0.39, 0.29) is 5.70 Å². The molecule has 0 radical (unpaired) electrons. The molecule has 1 N–H and O–H groups in total. The predicted molar refractivity (Wildman–Crippen MR) is 53.5 cm³/mol. The van der Waals surface area contributed by atoms with Gasteiger partial charge < -0.3 is 5.11 Å². The van der Waals surface area contributed by atoms with E-state index in [1.807, 2.05) is 0 Å². The van der Waals surface area contributed by atoms with Crippen molar-refractivity contribution in [2.24, 2.45) is 0 Å². The first-order chi connectivity index (χ1) is 6.63. The number of aliphatic hydroxyl groups excluding tert-OH is 1. The van der Waals surface area contributed by atoms with Gasteiger partial charge in [0.2, 0.25) is 0 Å². The van der Waals surface area contributed by atoms with E-state index in [0.717, 1.165) is 0 Å². The highest BCUT2D eigenvalue weighted by Crippen LogP contribution is 2.13. The fraction of sp³-hybridized carbons (Fsp3) is 0.111.